The highest BCUT2D eigenvalue weighted by Crippen LogP contribution is 2.37. The summed E-state index contributed by atoms with van der Waals surface area (Å²) >= 11 is 0. The Morgan fingerprint density at radius 3 is 3.20 bits per heavy atom. The summed E-state index contributed by atoms with van der Waals surface area (Å²) in [4.78, 5) is 4.27. The molecule has 78 valence electrons. The second-order valence-corrected chi connectivity index (χ2v) is 4.63. The zero-order valence-electron chi connectivity index (χ0n) is 9.03. The monoisotopic (exact) mass is 200 g/mol. The summed E-state index contributed by atoms with van der Waals surface area (Å²) in [6.07, 6.45) is 8.85. The van der Waals surface area contributed by atoms with Crippen LogP contribution in [-0.2, 0) is 0 Å². The van der Waals surface area contributed by atoms with E-state index in [4.69, 9.17) is 0 Å². The molecule has 0 unspecified atom stereocenters. The number of fused-ring (bicyclic) bond motifs is 1. The van der Waals surface area contributed by atoms with Crippen molar-refractivity contribution < 1.29 is 0 Å². The summed E-state index contributed by atoms with van der Waals surface area (Å²) < 4.78 is 0. The van der Waals surface area contributed by atoms with Gasteiger partial charge in [-0.1, -0.05) is 6.08 Å². The van der Waals surface area contributed by atoms with Crippen molar-refractivity contribution in [2.75, 3.05) is 6.54 Å². The van der Waals surface area contributed by atoms with E-state index in [9.17, 15) is 0 Å². The van der Waals surface area contributed by atoms with Crippen molar-refractivity contribution in [2.45, 2.75) is 25.8 Å². The minimum absolute atomic E-state index is 0.591. The van der Waals surface area contributed by atoms with E-state index < -0.39 is 0 Å². The number of nitrogens with one attached hydrogen (secondary N) is 1. The lowest BCUT2D eigenvalue weighted by molar-refractivity contribution is 0.557. The van der Waals surface area contributed by atoms with Crippen LogP contribution in [0.3, 0.4) is 0 Å². The third-order valence-electron chi connectivity index (χ3n) is 3.53. The smallest absolute Gasteiger partial charge is 0.0355 e. The van der Waals surface area contributed by atoms with Gasteiger partial charge in [0.05, 0.1) is 0 Å². The van der Waals surface area contributed by atoms with E-state index in [1.165, 1.54) is 36.1 Å². The van der Waals surface area contributed by atoms with Gasteiger partial charge in [-0.15, -0.1) is 0 Å². The number of aryl methyl sites for hydroxylation is 1. The molecule has 0 radical (unpaired) electrons. The van der Waals surface area contributed by atoms with E-state index in [-0.39, 0.29) is 0 Å². The second kappa shape index (κ2) is 3.46. The lowest BCUT2D eigenvalue weighted by atomic mass is 9.97. The Balaban J connectivity index is 1.94. The normalized spacial score (nSPS) is 29.0. The Morgan fingerprint density at radius 2 is 2.33 bits per heavy atom. The van der Waals surface area contributed by atoms with E-state index >= 15 is 0 Å². The molecule has 2 heterocycles. The van der Waals surface area contributed by atoms with Gasteiger partial charge in [-0.3, -0.25) is 4.98 Å². The summed E-state index contributed by atoms with van der Waals surface area (Å²) in [5, 5.41) is 3.59. The number of pyridine rings is 1. The van der Waals surface area contributed by atoms with E-state index in [0.29, 0.717) is 6.04 Å². The van der Waals surface area contributed by atoms with Gasteiger partial charge < -0.3 is 5.32 Å². The van der Waals surface area contributed by atoms with Crippen LogP contribution in [0.15, 0.2) is 24.5 Å². The highest BCUT2D eigenvalue weighted by molar-refractivity contribution is 5.72. The molecule has 2 atom stereocenters. The SMILES string of the molecule is Cc1cncc(C2=CC[C@H]3CCN[C@@H]23)c1. The van der Waals surface area contributed by atoms with Crippen LogP contribution < -0.4 is 5.32 Å². The van der Waals surface area contributed by atoms with Gasteiger partial charge in [0.15, 0.2) is 0 Å². The largest absolute Gasteiger partial charge is 0.310 e. The molecule has 2 aliphatic rings. The molecule has 1 fully saturated rings. The Labute approximate surface area is 90.4 Å². The van der Waals surface area contributed by atoms with Crippen LogP contribution in [0.5, 0.6) is 0 Å². The van der Waals surface area contributed by atoms with Crippen molar-refractivity contribution >= 4 is 5.57 Å². The molecule has 0 saturated carbocycles. The molecule has 1 N–H and O–H groups in total. The maximum atomic E-state index is 4.27. The highest BCUT2D eigenvalue weighted by atomic mass is 15.0. The van der Waals surface area contributed by atoms with Crippen LogP contribution in [0, 0.1) is 12.8 Å². The molecule has 0 spiro atoms. The van der Waals surface area contributed by atoms with Crippen LogP contribution in [0.2, 0.25) is 0 Å². The summed E-state index contributed by atoms with van der Waals surface area (Å²) in [5.41, 5.74) is 4.01. The maximum Gasteiger partial charge on any atom is 0.0355 e. The predicted molar refractivity (Wildman–Crippen MR) is 61.5 cm³/mol. The van der Waals surface area contributed by atoms with Gasteiger partial charge in [-0.05, 0) is 55.0 Å². The molecule has 3 rings (SSSR count). The Hall–Kier alpha value is -1.15. The standard InChI is InChI=1S/C13H16N2/c1-9-6-11(8-14-7-9)12-3-2-10-4-5-15-13(10)12/h3,6-8,10,13,15H,2,4-5H2,1H3/t10-,13+/m0/s1. The molecule has 1 aromatic rings. The molecule has 1 aliphatic heterocycles. The van der Waals surface area contributed by atoms with Gasteiger partial charge in [0, 0.05) is 18.4 Å². The third-order valence-corrected chi connectivity index (χ3v) is 3.53. The van der Waals surface area contributed by atoms with Crippen LogP contribution in [0.1, 0.15) is 24.0 Å². The van der Waals surface area contributed by atoms with Crippen molar-refractivity contribution in [3.05, 3.63) is 35.7 Å². The number of allylic oxidation sites excluding steroid dienone is 1. The summed E-state index contributed by atoms with van der Waals surface area (Å²) in [6, 6.07) is 2.83. The predicted octanol–water partition coefficient (Wildman–Crippen LogP) is 2.16. The number of nitrogens with zero attached hydrogens (tertiary/aromatic N) is 1. The molecular weight excluding hydrogens is 184 g/mol. The summed E-state index contributed by atoms with van der Waals surface area (Å²) in [7, 11) is 0. The fourth-order valence-corrected chi connectivity index (χ4v) is 2.79. The first-order valence-corrected chi connectivity index (χ1v) is 5.70. The zero-order chi connectivity index (χ0) is 10.3. The van der Waals surface area contributed by atoms with Gasteiger partial charge in [-0.25, -0.2) is 0 Å². The Kier molecular flexibility index (Phi) is 2.10. The van der Waals surface area contributed by atoms with E-state index in [0.717, 1.165) is 5.92 Å². The van der Waals surface area contributed by atoms with E-state index in [2.05, 4.69) is 29.4 Å². The molecule has 0 bridgehead atoms. The van der Waals surface area contributed by atoms with Gasteiger partial charge in [-0.2, -0.15) is 0 Å². The zero-order valence-corrected chi connectivity index (χ0v) is 9.03. The van der Waals surface area contributed by atoms with Crippen molar-refractivity contribution in [1.82, 2.24) is 10.3 Å². The van der Waals surface area contributed by atoms with Crippen molar-refractivity contribution in [3.8, 4) is 0 Å². The minimum atomic E-state index is 0.591. The van der Waals surface area contributed by atoms with Crippen LogP contribution in [0.4, 0.5) is 0 Å². The number of hydrogen-bond acceptors (Lipinski definition) is 2. The fraction of sp³-hybridized carbons (Fsp3) is 0.462. The van der Waals surface area contributed by atoms with Crippen LogP contribution in [0.25, 0.3) is 5.57 Å². The van der Waals surface area contributed by atoms with Crippen molar-refractivity contribution in [2.24, 2.45) is 5.92 Å². The van der Waals surface area contributed by atoms with Crippen LogP contribution >= 0.6 is 0 Å². The second-order valence-electron chi connectivity index (χ2n) is 4.63. The molecular formula is C13H16N2. The Morgan fingerprint density at radius 1 is 1.40 bits per heavy atom. The van der Waals surface area contributed by atoms with Gasteiger partial charge in [0.25, 0.3) is 0 Å². The fourth-order valence-electron chi connectivity index (χ4n) is 2.79. The number of rotatable bonds is 1. The summed E-state index contributed by atoms with van der Waals surface area (Å²) in [6.45, 7) is 3.28. The number of hydrogen-bond donors (Lipinski definition) is 1. The minimum Gasteiger partial charge on any atom is -0.310 e. The lowest BCUT2D eigenvalue weighted by Gasteiger charge is -2.15. The quantitative estimate of drug-likeness (QED) is 0.751. The molecule has 0 amide bonds. The molecule has 2 nitrogen and oxygen atoms in total. The molecule has 0 aromatic carbocycles. The first-order valence-electron chi connectivity index (χ1n) is 5.70. The molecule has 1 aliphatic carbocycles. The van der Waals surface area contributed by atoms with Crippen molar-refractivity contribution in [1.29, 1.82) is 0 Å². The molecule has 1 aromatic heterocycles. The maximum absolute atomic E-state index is 4.27. The van der Waals surface area contributed by atoms with Crippen molar-refractivity contribution in [3.63, 3.8) is 0 Å². The molecule has 1 saturated heterocycles. The van der Waals surface area contributed by atoms with Gasteiger partial charge >= 0.3 is 0 Å². The van der Waals surface area contributed by atoms with Gasteiger partial charge in [0.1, 0.15) is 0 Å². The topological polar surface area (TPSA) is 24.9 Å². The average molecular weight is 200 g/mol. The summed E-state index contributed by atoms with van der Waals surface area (Å²) in [5.74, 6) is 0.834. The van der Waals surface area contributed by atoms with Gasteiger partial charge in [0.2, 0.25) is 0 Å². The van der Waals surface area contributed by atoms with E-state index in [1.807, 2.05) is 12.4 Å². The van der Waals surface area contributed by atoms with E-state index in [1.54, 1.807) is 0 Å². The third kappa shape index (κ3) is 1.49. The average Bonchev–Trinajstić information content (AvgIpc) is 2.77. The Bertz CT molecular complexity index is 409. The first kappa shape index (κ1) is 9.10. The molecule has 2 heteroatoms. The first-order chi connectivity index (χ1) is 7.34. The highest BCUT2D eigenvalue weighted by Gasteiger charge is 2.33. The lowest BCUT2D eigenvalue weighted by Crippen LogP contribution is -2.24. The number of aromatic nitrogens is 1. The molecule has 15 heavy (non-hydrogen) atoms. The van der Waals surface area contributed by atoms with Crippen LogP contribution in [-0.4, -0.2) is 17.6 Å².